The van der Waals surface area contributed by atoms with Crippen molar-refractivity contribution in [3.8, 4) is 5.75 Å². The predicted octanol–water partition coefficient (Wildman–Crippen LogP) is 4.98. The molecule has 220 valence electrons. The van der Waals surface area contributed by atoms with Crippen molar-refractivity contribution < 1.29 is 14.3 Å². The molecule has 1 aromatic carbocycles. The highest BCUT2D eigenvalue weighted by atomic mass is 35.5. The van der Waals surface area contributed by atoms with E-state index in [2.05, 4.69) is 21.3 Å². The zero-order valence-electron chi connectivity index (χ0n) is 23.4. The van der Waals surface area contributed by atoms with Crippen molar-refractivity contribution in [2.75, 3.05) is 13.2 Å². The number of fused-ring (bicyclic) bond motifs is 3. The Morgan fingerprint density at radius 2 is 1.62 bits per heavy atom. The first-order chi connectivity index (χ1) is 19.4. The molecule has 7 nitrogen and oxygen atoms in total. The largest absolute Gasteiger partial charge is 0.484 e. The second-order valence-corrected chi connectivity index (χ2v) is 13.8. The van der Waals surface area contributed by atoms with Gasteiger partial charge in [-0.2, -0.15) is 0 Å². The molecule has 5 aliphatic carbocycles. The van der Waals surface area contributed by atoms with Crippen LogP contribution in [0.25, 0.3) is 0 Å². The highest BCUT2D eigenvalue weighted by Gasteiger charge is 2.52. The summed E-state index contributed by atoms with van der Waals surface area (Å²) in [5, 5.41) is 15.3. The number of carbonyl (C=O) groups is 2. The molecular weight excluding hydrogens is 547 g/mol. The lowest BCUT2D eigenvalue weighted by molar-refractivity contribution is -0.129. The average Bonchev–Trinajstić information content (AvgIpc) is 3.23. The number of nitrogens with one attached hydrogen (secondary N) is 4. The summed E-state index contributed by atoms with van der Waals surface area (Å²) in [6.07, 6.45) is 15.7. The fourth-order valence-corrected chi connectivity index (χ4v) is 8.76. The molecule has 7 rings (SSSR count). The molecule has 0 aromatic heterocycles. The highest BCUT2D eigenvalue weighted by molar-refractivity contribution is 6.42. The number of carbonyl (C=O) groups excluding carboxylic acids is 2. The van der Waals surface area contributed by atoms with Crippen molar-refractivity contribution in [3.63, 3.8) is 0 Å². The van der Waals surface area contributed by atoms with Crippen LogP contribution in [0.1, 0.15) is 83.5 Å². The van der Waals surface area contributed by atoms with Gasteiger partial charge >= 0.3 is 0 Å². The maximum Gasteiger partial charge on any atom is 0.258 e. The van der Waals surface area contributed by atoms with Gasteiger partial charge in [-0.05, 0) is 74.8 Å². The number of amides is 2. The minimum absolute atomic E-state index is 0.0435. The fraction of sp³-hybridized carbons (Fsp3) is 0.742. The van der Waals surface area contributed by atoms with E-state index in [0.29, 0.717) is 46.1 Å². The average molecular weight is 592 g/mol. The summed E-state index contributed by atoms with van der Waals surface area (Å²) in [6, 6.07) is 5.39. The standard InChI is InChI=1S/C31H44Cl2N4O3/c32-23-11-10-22(15-24(23)33)40-18-29(38)35-25-16-26(20-13-19(25)14-20)36-30(39)27-17-34-28-9-5-6-12-31(28,37-27)21-7-3-1-2-4-8-21/h10-11,15,19-21,25-28,34,37H,1-9,12-14,16-18H2,(H,35,38)(H,36,39)/t19?,20?,25-,26+,27?,28?,31?/m1/s1. The fourth-order valence-electron chi connectivity index (χ4n) is 8.47. The Hall–Kier alpha value is -1.54. The molecular formula is C31H44Cl2N4O3. The van der Waals surface area contributed by atoms with Gasteiger partial charge in [0.25, 0.3) is 5.91 Å². The SMILES string of the molecule is O=C(COc1ccc(Cl)c(Cl)c1)N[C@@H]1C[C@H](NC(=O)C2CNC3CCCCC3(C3CCCCCC3)N2)C2CC1C2. The maximum atomic E-state index is 13.7. The molecule has 1 aromatic rings. The normalized spacial score (nSPS) is 36.0. The number of halogens is 2. The van der Waals surface area contributed by atoms with Gasteiger partial charge in [-0.15, -0.1) is 0 Å². The first-order valence-corrected chi connectivity index (χ1v) is 16.4. The minimum Gasteiger partial charge on any atom is -0.484 e. The quantitative estimate of drug-likeness (QED) is 0.336. The van der Waals surface area contributed by atoms with E-state index >= 15 is 0 Å². The summed E-state index contributed by atoms with van der Waals surface area (Å²) in [5.74, 6) is 2.10. The van der Waals surface area contributed by atoms with Crippen molar-refractivity contribution in [2.24, 2.45) is 17.8 Å². The van der Waals surface area contributed by atoms with Crippen LogP contribution in [0.3, 0.4) is 0 Å². The van der Waals surface area contributed by atoms with Gasteiger partial charge in [0.1, 0.15) is 5.75 Å². The zero-order valence-corrected chi connectivity index (χ0v) is 24.9. The predicted molar refractivity (Wildman–Crippen MR) is 158 cm³/mol. The Balaban J connectivity index is 1.04. The molecule has 1 saturated heterocycles. The monoisotopic (exact) mass is 590 g/mol. The van der Waals surface area contributed by atoms with Crippen molar-refractivity contribution in [3.05, 3.63) is 28.2 Å². The zero-order chi connectivity index (χ0) is 27.7. The van der Waals surface area contributed by atoms with E-state index in [9.17, 15) is 9.59 Å². The molecule has 1 heterocycles. The van der Waals surface area contributed by atoms with Crippen molar-refractivity contribution in [1.29, 1.82) is 0 Å². The Morgan fingerprint density at radius 3 is 2.38 bits per heavy atom. The molecule has 2 bridgehead atoms. The summed E-state index contributed by atoms with van der Waals surface area (Å²) < 4.78 is 5.63. The second kappa shape index (κ2) is 12.4. The molecule has 1 aliphatic heterocycles. The molecule has 3 unspecified atom stereocenters. The molecule has 6 fully saturated rings. The third kappa shape index (κ3) is 5.99. The van der Waals surface area contributed by atoms with Gasteiger partial charge in [-0.1, -0.05) is 61.7 Å². The lowest BCUT2D eigenvalue weighted by atomic mass is 9.60. The molecule has 9 heteroatoms. The molecule has 40 heavy (non-hydrogen) atoms. The highest BCUT2D eigenvalue weighted by Crippen LogP contribution is 2.46. The molecule has 6 aliphatic rings. The van der Waals surface area contributed by atoms with Crippen molar-refractivity contribution in [1.82, 2.24) is 21.3 Å². The third-order valence-corrected chi connectivity index (χ3v) is 11.4. The number of benzene rings is 1. The lowest BCUT2D eigenvalue weighted by Gasteiger charge is -2.55. The van der Waals surface area contributed by atoms with Crippen LogP contribution in [-0.2, 0) is 9.59 Å². The van der Waals surface area contributed by atoms with Crippen LogP contribution in [0.4, 0.5) is 0 Å². The van der Waals surface area contributed by atoms with Crippen molar-refractivity contribution >= 4 is 35.0 Å². The Labute approximate surface area is 248 Å². The maximum absolute atomic E-state index is 13.7. The molecule has 0 spiro atoms. The summed E-state index contributed by atoms with van der Waals surface area (Å²) in [7, 11) is 0. The van der Waals surface area contributed by atoms with Crippen LogP contribution >= 0.6 is 23.2 Å². The van der Waals surface area contributed by atoms with Gasteiger partial charge in [0.2, 0.25) is 5.91 Å². The second-order valence-electron chi connectivity index (χ2n) is 13.0. The Bertz CT molecular complexity index is 1070. The lowest BCUT2D eigenvalue weighted by Crippen LogP contribution is -2.75. The van der Waals surface area contributed by atoms with Crippen LogP contribution in [0.5, 0.6) is 5.75 Å². The van der Waals surface area contributed by atoms with E-state index in [1.807, 2.05) is 0 Å². The number of hydrogen-bond donors (Lipinski definition) is 4. The van der Waals surface area contributed by atoms with Crippen LogP contribution in [0.2, 0.25) is 10.0 Å². The van der Waals surface area contributed by atoms with Crippen LogP contribution in [0, 0.1) is 17.8 Å². The Morgan fingerprint density at radius 1 is 0.900 bits per heavy atom. The van der Waals surface area contributed by atoms with Crippen LogP contribution in [-0.4, -0.2) is 54.7 Å². The topological polar surface area (TPSA) is 91.5 Å². The number of hydrogen-bond acceptors (Lipinski definition) is 5. The smallest absolute Gasteiger partial charge is 0.258 e. The third-order valence-electron chi connectivity index (χ3n) is 10.7. The van der Waals surface area contributed by atoms with Crippen LogP contribution in [0.15, 0.2) is 18.2 Å². The molecule has 5 saturated carbocycles. The summed E-state index contributed by atoms with van der Waals surface area (Å²) in [4.78, 5) is 26.4. The molecule has 5 atom stereocenters. The summed E-state index contributed by atoms with van der Waals surface area (Å²) >= 11 is 12.0. The van der Waals surface area contributed by atoms with Gasteiger partial charge in [-0.3, -0.25) is 14.9 Å². The Kier molecular flexibility index (Phi) is 8.83. The van der Waals surface area contributed by atoms with Gasteiger partial charge in [0.05, 0.1) is 16.1 Å². The van der Waals surface area contributed by atoms with E-state index in [0.717, 1.165) is 19.3 Å². The van der Waals surface area contributed by atoms with E-state index in [-0.39, 0.29) is 42.1 Å². The van der Waals surface area contributed by atoms with E-state index in [4.69, 9.17) is 27.9 Å². The van der Waals surface area contributed by atoms with E-state index in [1.54, 1.807) is 18.2 Å². The molecule has 0 radical (unpaired) electrons. The molecule has 4 N–H and O–H groups in total. The molecule has 2 amide bonds. The van der Waals surface area contributed by atoms with Gasteiger partial charge in [0, 0.05) is 36.3 Å². The van der Waals surface area contributed by atoms with Crippen molar-refractivity contribution in [2.45, 2.75) is 113 Å². The first kappa shape index (κ1) is 28.6. The first-order valence-electron chi connectivity index (χ1n) is 15.6. The van der Waals surface area contributed by atoms with E-state index in [1.165, 1.54) is 64.2 Å². The number of rotatable bonds is 7. The van der Waals surface area contributed by atoms with E-state index < -0.39 is 0 Å². The number of piperazine rings is 1. The number of ether oxygens (including phenoxy) is 1. The van der Waals surface area contributed by atoms with Crippen LogP contribution < -0.4 is 26.0 Å². The van der Waals surface area contributed by atoms with Gasteiger partial charge in [0.15, 0.2) is 6.61 Å². The van der Waals surface area contributed by atoms with Gasteiger partial charge in [-0.25, -0.2) is 0 Å². The summed E-state index contributed by atoms with van der Waals surface area (Å²) in [6.45, 7) is 0.612. The minimum atomic E-state index is -0.206. The van der Waals surface area contributed by atoms with Gasteiger partial charge < -0.3 is 20.7 Å². The summed E-state index contributed by atoms with van der Waals surface area (Å²) in [5.41, 5.74) is 0.0435.